The van der Waals surface area contributed by atoms with Gasteiger partial charge in [-0.15, -0.1) is 0 Å². The fourth-order valence-electron chi connectivity index (χ4n) is 2.54. The second-order valence-electron chi connectivity index (χ2n) is 5.81. The third kappa shape index (κ3) is 3.61. The summed E-state index contributed by atoms with van der Waals surface area (Å²) in [7, 11) is -4.09. The molecule has 0 fully saturated rings. The van der Waals surface area contributed by atoms with Crippen molar-refractivity contribution in [3.05, 3.63) is 59.4 Å². The summed E-state index contributed by atoms with van der Waals surface area (Å²) in [6.45, 7) is 0. The third-order valence-electron chi connectivity index (χ3n) is 3.81. The van der Waals surface area contributed by atoms with Crippen LogP contribution in [0.2, 0.25) is 0 Å². The summed E-state index contributed by atoms with van der Waals surface area (Å²) in [4.78, 5) is 4.78. The molecule has 0 aliphatic heterocycles. The number of hydrogen-bond donors (Lipinski definition) is 1. The van der Waals surface area contributed by atoms with Crippen molar-refractivity contribution in [1.82, 2.24) is 9.97 Å². The maximum Gasteiger partial charge on any atom is 0.295 e. The topological polar surface area (TPSA) is 62.8 Å². The minimum absolute atomic E-state index is 0.153. The number of aromatic amines is 1. The zero-order chi connectivity index (χ0) is 20.8. The highest BCUT2D eigenvalue weighted by Crippen LogP contribution is 2.36. The number of aromatic nitrogens is 2. The Morgan fingerprint density at radius 1 is 0.929 bits per heavy atom. The van der Waals surface area contributed by atoms with Gasteiger partial charge in [0.15, 0.2) is 27.3 Å². The zero-order valence-electron chi connectivity index (χ0n) is 13.9. The first-order chi connectivity index (χ1) is 13.0. The van der Waals surface area contributed by atoms with Crippen LogP contribution in [0, 0.1) is 23.3 Å². The molecule has 28 heavy (non-hydrogen) atoms. The summed E-state index contributed by atoms with van der Waals surface area (Å²) in [5.41, 5.74) is -1.62. The standard InChI is InChI=1S/C17H10F6N2O2S/c1-28(26,27)13-6-10(19)8(5-12(13)21)15-14(24-17(25-15)16(22)23)7-2-3-9(18)11(20)4-7/h2-6,16H,1H3,(H,24,25). The van der Waals surface area contributed by atoms with Gasteiger partial charge in [-0.2, -0.15) is 0 Å². The van der Waals surface area contributed by atoms with Gasteiger partial charge in [-0.25, -0.2) is 39.7 Å². The molecule has 1 aromatic heterocycles. The Labute approximate surface area is 154 Å². The molecule has 3 rings (SSSR count). The van der Waals surface area contributed by atoms with Gasteiger partial charge in [0.25, 0.3) is 6.43 Å². The molecule has 2 aromatic carbocycles. The lowest BCUT2D eigenvalue weighted by atomic mass is 10.0. The van der Waals surface area contributed by atoms with Crippen LogP contribution < -0.4 is 0 Å². The summed E-state index contributed by atoms with van der Waals surface area (Å²) in [5, 5.41) is 0. The first kappa shape index (κ1) is 19.9. The smallest absolute Gasteiger partial charge is 0.295 e. The lowest BCUT2D eigenvalue weighted by molar-refractivity contribution is 0.141. The highest BCUT2D eigenvalue weighted by Gasteiger charge is 2.25. The van der Waals surface area contributed by atoms with Crippen molar-refractivity contribution in [3.63, 3.8) is 0 Å². The van der Waals surface area contributed by atoms with Crippen LogP contribution in [0.1, 0.15) is 12.2 Å². The van der Waals surface area contributed by atoms with Gasteiger partial charge in [0.1, 0.15) is 16.5 Å². The fraction of sp³-hybridized carbons (Fsp3) is 0.118. The first-order valence-electron chi connectivity index (χ1n) is 7.52. The second kappa shape index (κ2) is 6.97. The number of H-pyrrole nitrogens is 1. The van der Waals surface area contributed by atoms with Gasteiger partial charge in [-0.1, -0.05) is 0 Å². The number of benzene rings is 2. The Bertz CT molecular complexity index is 1170. The molecular formula is C17H10F6N2O2S. The molecule has 0 atom stereocenters. The Hall–Kier alpha value is -2.82. The van der Waals surface area contributed by atoms with E-state index in [2.05, 4.69) is 9.97 Å². The van der Waals surface area contributed by atoms with Crippen LogP contribution in [0.4, 0.5) is 26.3 Å². The second-order valence-corrected chi connectivity index (χ2v) is 7.79. The molecular weight excluding hydrogens is 410 g/mol. The quantitative estimate of drug-likeness (QED) is 0.626. The Morgan fingerprint density at radius 3 is 2.18 bits per heavy atom. The van der Waals surface area contributed by atoms with Crippen molar-refractivity contribution in [2.75, 3.05) is 6.26 Å². The molecule has 0 spiro atoms. The van der Waals surface area contributed by atoms with E-state index >= 15 is 0 Å². The summed E-state index contributed by atoms with van der Waals surface area (Å²) in [6.07, 6.45) is -2.46. The van der Waals surface area contributed by atoms with Crippen molar-refractivity contribution in [2.45, 2.75) is 11.3 Å². The van der Waals surface area contributed by atoms with Crippen LogP contribution in [0.5, 0.6) is 0 Å². The van der Waals surface area contributed by atoms with Crippen LogP contribution >= 0.6 is 0 Å². The lowest BCUT2D eigenvalue weighted by Crippen LogP contribution is -2.03. The number of nitrogens with zero attached hydrogens (tertiary/aromatic N) is 1. The van der Waals surface area contributed by atoms with Crippen LogP contribution in [0.15, 0.2) is 35.2 Å². The number of rotatable bonds is 4. The molecule has 0 saturated heterocycles. The van der Waals surface area contributed by atoms with Crippen molar-refractivity contribution >= 4 is 9.84 Å². The molecule has 3 aromatic rings. The highest BCUT2D eigenvalue weighted by molar-refractivity contribution is 7.90. The maximum atomic E-state index is 14.5. The molecule has 1 heterocycles. The van der Waals surface area contributed by atoms with Gasteiger partial charge in [-0.3, -0.25) is 0 Å². The van der Waals surface area contributed by atoms with Crippen molar-refractivity contribution in [3.8, 4) is 22.5 Å². The average molecular weight is 420 g/mol. The van der Waals surface area contributed by atoms with Gasteiger partial charge >= 0.3 is 0 Å². The van der Waals surface area contributed by atoms with Crippen LogP contribution in [-0.4, -0.2) is 24.6 Å². The van der Waals surface area contributed by atoms with E-state index in [0.717, 1.165) is 12.1 Å². The van der Waals surface area contributed by atoms with E-state index in [1.165, 1.54) is 0 Å². The number of sulfone groups is 1. The number of nitrogens with one attached hydrogen (secondary N) is 1. The Morgan fingerprint density at radius 2 is 1.61 bits per heavy atom. The predicted molar refractivity (Wildman–Crippen MR) is 87.4 cm³/mol. The highest BCUT2D eigenvalue weighted by atomic mass is 32.2. The molecule has 11 heteroatoms. The summed E-state index contributed by atoms with van der Waals surface area (Å²) in [5.74, 6) is -5.99. The summed E-state index contributed by atoms with van der Waals surface area (Å²) < 4.78 is 104. The molecule has 0 saturated carbocycles. The number of halogens is 6. The van der Waals surface area contributed by atoms with E-state index in [4.69, 9.17) is 0 Å². The monoisotopic (exact) mass is 420 g/mol. The molecule has 0 amide bonds. The molecule has 0 bridgehead atoms. The predicted octanol–water partition coefficient (Wildman–Crippen LogP) is 4.64. The molecule has 148 valence electrons. The Kier molecular flexibility index (Phi) is 4.96. The SMILES string of the molecule is CS(=O)(=O)c1cc(F)c(-c2nc(C(F)F)[nH]c2-c2ccc(F)c(F)c2)cc1F. The molecule has 0 aliphatic carbocycles. The minimum Gasteiger partial charge on any atom is -0.337 e. The maximum absolute atomic E-state index is 14.5. The molecule has 0 radical (unpaired) electrons. The van der Waals surface area contributed by atoms with E-state index in [9.17, 15) is 34.8 Å². The largest absolute Gasteiger partial charge is 0.337 e. The fourth-order valence-corrected chi connectivity index (χ4v) is 3.28. The molecule has 4 nitrogen and oxygen atoms in total. The van der Waals surface area contributed by atoms with Crippen LogP contribution in [0.25, 0.3) is 22.5 Å². The molecule has 0 aliphatic rings. The van der Waals surface area contributed by atoms with Gasteiger partial charge in [-0.05, 0) is 30.3 Å². The first-order valence-corrected chi connectivity index (χ1v) is 9.41. The van der Waals surface area contributed by atoms with E-state index in [1.54, 1.807) is 0 Å². The van der Waals surface area contributed by atoms with Crippen LogP contribution in [0.3, 0.4) is 0 Å². The van der Waals surface area contributed by atoms with Crippen molar-refractivity contribution in [2.24, 2.45) is 0 Å². The van der Waals surface area contributed by atoms with Gasteiger partial charge in [0.2, 0.25) is 0 Å². The Balaban J connectivity index is 2.27. The summed E-state index contributed by atoms with van der Waals surface area (Å²) >= 11 is 0. The van der Waals surface area contributed by atoms with E-state index < -0.39 is 61.5 Å². The average Bonchev–Trinajstić information content (AvgIpc) is 3.03. The van der Waals surface area contributed by atoms with Gasteiger partial charge in [0.05, 0.1) is 11.4 Å². The summed E-state index contributed by atoms with van der Waals surface area (Å²) in [6, 6.07) is 3.30. The van der Waals surface area contributed by atoms with Crippen molar-refractivity contribution in [1.29, 1.82) is 0 Å². The number of alkyl halides is 2. The van der Waals surface area contributed by atoms with Crippen molar-refractivity contribution < 1.29 is 34.8 Å². The van der Waals surface area contributed by atoms with Gasteiger partial charge < -0.3 is 4.98 Å². The number of hydrogen-bond acceptors (Lipinski definition) is 3. The molecule has 1 N–H and O–H groups in total. The number of imidazole rings is 1. The van der Waals surface area contributed by atoms with E-state index in [-0.39, 0.29) is 11.3 Å². The molecule has 0 unspecified atom stereocenters. The lowest BCUT2D eigenvalue weighted by Gasteiger charge is -2.08. The third-order valence-corrected chi connectivity index (χ3v) is 4.93. The normalized spacial score (nSPS) is 12.0. The van der Waals surface area contributed by atoms with Gasteiger partial charge in [0, 0.05) is 17.4 Å². The van der Waals surface area contributed by atoms with E-state index in [1.807, 2.05) is 0 Å². The zero-order valence-corrected chi connectivity index (χ0v) is 14.7. The van der Waals surface area contributed by atoms with E-state index in [0.29, 0.717) is 24.5 Å². The minimum atomic E-state index is -4.09. The van der Waals surface area contributed by atoms with Crippen LogP contribution in [-0.2, 0) is 9.84 Å².